The molecule has 8 heteroatoms. The predicted octanol–water partition coefficient (Wildman–Crippen LogP) is 3.64. The quantitative estimate of drug-likeness (QED) is 0.290. The van der Waals surface area contributed by atoms with E-state index in [1.165, 1.54) is 25.7 Å². The van der Waals surface area contributed by atoms with E-state index in [2.05, 4.69) is 31.6 Å². The number of aromatic nitrogens is 1. The Kier molecular flexibility index (Phi) is 9.90. The first kappa shape index (κ1) is 24.5. The molecule has 1 atom stereocenters. The van der Waals surface area contributed by atoms with Crippen molar-refractivity contribution in [2.24, 2.45) is 4.99 Å². The van der Waals surface area contributed by atoms with Crippen LogP contribution in [0.1, 0.15) is 50.9 Å². The van der Waals surface area contributed by atoms with Crippen molar-refractivity contribution in [3.05, 3.63) is 48.0 Å². The van der Waals surface area contributed by atoms with Crippen molar-refractivity contribution < 1.29 is 9.52 Å². The minimum Gasteiger partial charge on any atom is -0.466 e. The molecule has 0 aromatic carbocycles. The highest BCUT2D eigenvalue weighted by molar-refractivity contribution is 14.0. The highest BCUT2D eigenvalue weighted by atomic mass is 127. The van der Waals surface area contributed by atoms with E-state index in [9.17, 15) is 5.11 Å². The standard InChI is InChI=1S/C22H33N5O2.HI/c1-3-23-21(26-17-22(2,28)19-9-8-14-29-19)25-16-18-10-11-24-20(15-18)27-12-6-4-5-7-13-27;/h8-11,14-15,28H,3-7,12-13,16-17H2,1-2H3,(H2,23,25,26);1H. The summed E-state index contributed by atoms with van der Waals surface area (Å²) in [6.07, 6.45) is 8.50. The fourth-order valence-corrected chi connectivity index (χ4v) is 3.47. The van der Waals surface area contributed by atoms with E-state index in [0.717, 1.165) is 31.0 Å². The molecule has 0 radical (unpaired) electrons. The Bertz CT molecular complexity index is 772. The molecule has 3 N–H and O–H groups in total. The number of anilines is 1. The molecule has 2 aromatic heterocycles. The Morgan fingerprint density at radius 3 is 2.67 bits per heavy atom. The molecule has 0 amide bonds. The van der Waals surface area contributed by atoms with Gasteiger partial charge in [0.2, 0.25) is 0 Å². The summed E-state index contributed by atoms with van der Waals surface area (Å²) in [6, 6.07) is 7.69. The number of nitrogens with zero attached hydrogens (tertiary/aromatic N) is 3. The molecular formula is C22H34IN5O2. The first-order valence-corrected chi connectivity index (χ1v) is 10.6. The van der Waals surface area contributed by atoms with Gasteiger partial charge < -0.3 is 25.1 Å². The van der Waals surface area contributed by atoms with Crippen LogP contribution in [-0.2, 0) is 12.1 Å². The first-order valence-electron chi connectivity index (χ1n) is 10.6. The fraction of sp³-hybridized carbons (Fsp3) is 0.545. The van der Waals surface area contributed by atoms with Crippen LogP contribution in [-0.4, -0.2) is 42.2 Å². The average Bonchev–Trinajstić information content (AvgIpc) is 3.14. The zero-order chi connectivity index (χ0) is 20.5. The van der Waals surface area contributed by atoms with Crippen LogP contribution in [0.25, 0.3) is 0 Å². The monoisotopic (exact) mass is 527 g/mol. The summed E-state index contributed by atoms with van der Waals surface area (Å²) in [5, 5.41) is 17.1. The zero-order valence-electron chi connectivity index (χ0n) is 17.9. The molecule has 0 spiro atoms. The molecule has 1 aliphatic rings. The van der Waals surface area contributed by atoms with Gasteiger partial charge in [0.15, 0.2) is 5.96 Å². The number of rotatable bonds is 7. The molecule has 3 rings (SSSR count). The predicted molar refractivity (Wildman–Crippen MR) is 131 cm³/mol. The van der Waals surface area contributed by atoms with Crippen LogP contribution < -0.4 is 15.5 Å². The molecule has 166 valence electrons. The van der Waals surface area contributed by atoms with Gasteiger partial charge in [0, 0.05) is 25.8 Å². The molecule has 7 nitrogen and oxygen atoms in total. The van der Waals surface area contributed by atoms with Gasteiger partial charge >= 0.3 is 0 Å². The maximum atomic E-state index is 10.6. The van der Waals surface area contributed by atoms with Crippen LogP contribution in [0.4, 0.5) is 5.82 Å². The Morgan fingerprint density at radius 1 is 1.23 bits per heavy atom. The topological polar surface area (TPSA) is 85.9 Å². The van der Waals surface area contributed by atoms with Gasteiger partial charge in [-0.05, 0) is 56.5 Å². The van der Waals surface area contributed by atoms with E-state index in [-0.39, 0.29) is 24.0 Å². The summed E-state index contributed by atoms with van der Waals surface area (Å²) in [4.78, 5) is 11.6. The molecule has 1 unspecified atom stereocenters. The molecule has 0 bridgehead atoms. The lowest BCUT2D eigenvalue weighted by molar-refractivity contribution is 0.0386. The van der Waals surface area contributed by atoms with Crippen LogP contribution in [0.3, 0.4) is 0 Å². The molecule has 2 aromatic rings. The van der Waals surface area contributed by atoms with Crippen molar-refractivity contribution in [3.8, 4) is 0 Å². The van der Waals surface area contributed by atoms with Crippen LogP contribution in [0, 0.1) is 0 Å². The summed E-state index contributed by atoms with van der Waals surface area (Å²) in [5.41, 5.74) is 0.00489. The number of pyridine rings is 1. The third-order valence-corrected chi connectivity index (χ3v) is 5.16. The normalized spacial score (nSPS) is 16.9. The minimum absolute atomic E-state index is 0. The third-order valence-electron chi connectivity index (χ3n) is 5.16. The number of aliphatic imine (C=N–C) groups is 1. The Morgan fingerprint density at radius 2 is 2.00 bits per heavy atom. The number of halogens is 1. The lowest BCUT2D eigenvalue weighted by Gasteiger charge is -2.23. The second kappa shape index (κ2) is 12.1. The van der Waals surface area contributed by atoms with E-state index in [4.69, 9.17) is 4.42 Å². The van der Waals surface area contributed by atoms with E-state index in [1.54, 1.807) is 25.3 Å². The molecule has 0 aliphatic carbocycles. The maximum absolute atomic E-state index is 10.6. The van der Waals surface area contributed by atoms with Crippen LogP contribution in [0.2, 0.25) is 0 Å². The van der Waals surface area contributed by atoms with E-state index >= 15 is 0 Å². The number of furan rings is 1. The average molecular weight is 527 g/mol. The highest BCUT2D eigenvalue weighted by Gasteiger charge is 2.26. The smallest absolute Gasteiger partial charge is 0.191 e. The van der Waals surface area contributed by atoms with Gasteiger partial charge in [0.05, 0.1) is 19.4 Å². The molecule has 30 heavy (non-hydrogen) atoms. The van der Waals surface area contributed by atoms with Crippen molar-refractivity contribution in [2.45, 2.75) is 51.7 Å². The van der Waals surface area contributed by atoms with Crippen molar-refractivity contribution in [2.75, 3.05) is 31.1 Å². The number of hydrogen-bond donors (Lipinski definition) is 3. The fourth-order valence-electron chi connectivity index (χ4n) is 3.47. The third kappa shape index (κ3) is 7.16. The zero-order valence-corrected chi connectivity index (χ0v) is 20.3. The summed E-state index contributed by atoms with van der Waals surface area (Å²) < 4.78 is 5.34. The molecule has 1 aliphatic heterocycles. The lowest BCUT2D eigenvalue weighted by Crippen LogP contribution is -2.44. The van der Waals surface area contributed by atoms with Crippen molar-refractivity contribution in [1.29, 1.82) is 0 Å². The van der Waals surface area contributed by atoms with E-state index < -0.39 is 5.60 Å². The van der Waals surface area contributed by atoms with Gasteiger partial charge in [-0.1, -0.05) is 12.8 Å². The molecule has 1 fully saturated rings. The summed E-state index contributed by atoms with van der Waals surface area (Å²) in [7, 11) is 0. The van der Waals surface area contributed by atoms with E-state index in [0.29, 0.717) is 24.8 Å². The Labute approximate surface area is 196 Å². The van der Waals surface area contributed by atoms with Gasteiger partial charge in [-0.15, -0.1) is 24.0 Å². The largest absolute Gasteiger partial charge is 0.466 e. The van der Waals surface area contributed by atoms with Crippen LogP contribution in [0.5, 0.6) is 0 Å². The van der Waals surface area contributed by atoms with E-state index in [1.807, 2.05) is 19.2 Å². The molecule has 3 heterocycles. The number of hydrogen-bond acceptors (Lipinski definition) is 5. The Hall–Kier alpha value is -1.81. The summed E-state index contributed by atoms with van der Waals surface area (Å²) >= 11 is 0. The van der Waals surface area contributed by atoms with Crippen molar-refractivity contribution in [3.63, 3.8) is 0 Å². The van der Waals surface area contributed by atoms with Crippen LogP contribution in [0.15, 0.2) is 46.1 Å². The second-order valence-corrected chi connectivity index (χ2v) is 7.72. The first-order chi connectivity index (χ1) is 14.1. The van der Waals surface area contributed by atoms with Gasteiger partial charge in [-0.2, -0.15) is 0 Å². The second-order valence-electron chi connectivity index (χ2n) is 7.72. The number of nitrogens with one attached hydrogen (secondary N) is 2. The van der Waals surface area contributed by atoms with Crippen molar-refractivity contribution >= 4 is 35.8 Å². The lowest BCUT2D eigenvalue weighted by atomic mass is 10.0. The SMILES string of the molecule is CCNC(=NCc1ccnc(N2CCCCCC2)c1)NCC(C)(O)c1ccco1.I. The molecular weight excluding hydrogens is 493 g/mol. The van der Waals surface area contributed by atoms with Gasteiger partial charge in [-0.3, -0.25) is 0 Å². The Balaban J connectivity index is 0.00000320. The van der Waals surface area contributed by atoms with Gasteiger partial charge in [0.1, 0.15) is 17.2 Å². The van der Waals surface area contributed by atoms with Gasteiger partial charge in [-0.25, -0.2) is 9.98 Å². The van der Waals surface area contributed by atoms with Crippen molar-refractivity contribution in [1.82, 2.24) is 15.6 Å². The van der Waals surface area contributed by atoms with Gasteiger partial charge in [0.25, 0.3) is 0 Å². The maximum Gasteiger partial charge on any atom is 0.191 e. The highest BCUT2D eigenvalue weighted by Crippen LogP contribution is 2.20. The number of guanidine groups is 1. The molecule has 0 saturated carbocycles. The number of aliphatic hydroxyl groups is 1. The summed E-state index contributed by atoms with van der Waals surface area (Å²) in [6.45, 7) is 7.47. The van der Waals surface area contributed by atoms with Crippen LogP contribution >= 0.6 is 24.0 Å². The molecule has 1 saturated heterocycles. The summed E-state index contributed by atoms with van der Waals surface area (Å²) in [5.74, 6) is 2.22. The minimum atomic E-state index is -1.11.